The minimum Gasteiger partial charge on any atom is -0.508 e. The predicted molar refractivity (Wildman–Crippen MR) is 110 cm³/mol. The summed E-state index contributed by atoms with van der Waals surface area (Å²) in [4.78, 5) is 17.0. The number of phenols is 1. The molecule has 0 saturated heterocycles. The van der Waals surface area contributed by atoms with Crippen LogP contribution in [-0.2, 0) is 25.9 Å². The molecule has 1 N–H and O–H groups in total. The molecule has 0 fully saturated rings. The van der Waals surface area contributed by atoms with Gasteiger partial charge < -0.3 is 14.4 Å². The van der Waals surface area contributed by atoms with Gasteiger partial charge in [0.05, 0.1) is 12.3 Å². The Morgan fingerprint density at radius 1 is 1.28 bits per heavy atom. The van der Waals surface area contributed by atoms with Gasteiger partial charge in [-0.05, 0) is 51.5 Å². The number of nitrogens with zero attached hydrogens (tertiary/aromatic N) is 1. The number of aliphatic imine (C=N–C) groups is 1. The summed E-state index contributed by atoms with van der Waals surface area (Å²) < 4.78 is 11.1. The molecule has 0 aliphatic carbocycles. The molecule has 0 amide bonds. The maximum atomic E-state index is 12.5. The van der Waals surface area contributed by atoms with Gasteiger partial charge in [-0.2, -0.15) is 0 Å². The van der Waals surface area contributed by atoms with Crippen LogP contribution in [0.5, 0.6) is 5.75 Å². The Labute approximate surface area is 159 Å². The molecule has 0 aromatic heterocycles. The number of hydrogen-bond donors (Lipinski definition) is 1. The van der Waals surface area contributed by atoms with E-state index in [9.17, 15) is 9.90 Å². The Morgan fingerprint density at radius 3 is 2.44 bits per heavy atom. The first-order valence-electron chi connectivity index (χ1n) is 8.28. The number of rotatable bonds is 10. The summed E-state index contributed by atoms with van der Waals surface area (Å²) >= 11 is 7.11. The molecule has 2 atom stereocenters. The van der Waals surface area contributed by atoms with Crippen molar-refractivity contribution in [1.82, 2.24) is 0 Å². The topological polar surface area (TPSA) is 68.1 Å². The zero-order chi connectivity index (χ0) is 18.9. The fourth-order valence-corrected chi connectivity index (χ4v) is 8.67. The number of carbonyl (C=O) groups excluding carboxylic acids is 1. The molecule has 8 heteroatoms. The van der Waals surface area contributed by atoms with E-state index in [2.05, 4.69) is 11.9 Å². The first-order chi connectivity index (χ1) is 11.8. The van der Waals surface area contributed by atoms with E-state index in [1.54, 1.807) is 38.1 Å². The molecule has 0 saturated carbocycles. The maximum Gasteiger partial charge on any atom is 0.325 e. The van der Waals surface area contributed by atoms with E-state index in [1.807, 2.05) is 6.92 Å². The van der Waals surface area contributed by atoms with E-state index in [0.717, 1.165) is 12.6 Å². The molecule has 25 heavy (non-hydrogen) atoms. The highest BCUT2D eigenvalue weighted by Gasteiger charge is 2.31. The second kappa shape index (κ2) is 11.0. The average Bonchev–Trinajstić information content (AvgIpc) is 2.55. The Hall–Kier alpha value is -0.880. The van der Waals surface area contributed by atoms with Crippen molar-refractivity contribution >= 4 is 46.0 Å². The lowest BCUT2D eigenvalue weighted by molar-refractivity contribution is -0.141. The zero-order valence-electron chi connectivity index (χ0n) is 15.1. The van der Waals surface area contributed by atoms with E-state index >= 15 is 0 Å². The lowest BCUT2D eigenvalue weighted by Gasteiger charge is -2.25. The second-order valence-corrected chi connectivity index (χ2v) is 12.7. The minimum absolute atomic E-state index is 0.169. The van der Waals surface area contributed by atoms with Crippen molar-refractivity contribution in [3.8, 4) is 5.75 Å². The first-order valence-corrected chi connectivity index (χ1v) is 12.7. The highest BCUT2D eigenvalue weighted by atomic mass is 32.9. The molecule has 0 spiro atoms. The fourth-order valence-electron chi connectivity index (χ4n) is 2.08. The van der Waals surface area contributed by atoms with Crippen LogP contribution in [0.3, 0.4) is 0 Å². The summed E-state index contributed by atoms with van der Waals surface area (Å²) in [6.45, 7) is 8.35. The molecule has 0 bridgehead atoms. The largest absolute Gasteiger partial charge is 0.508 e. The summed E-state index contributed by atoms with van der Waals surface area (Å²) in [5.74, 6) is -0.180. The third-order valence-corrected chi connectivity index (χ3v) is 9.94. The van der Waals surface area contributed by atoms with Crippen LogP contribution in [0.1, 0.15) is 34.1 Å². The quantitative estimate of drug-likeness (QED) is 0.340. The number of phenolic OH excluding ortho intramolecular Hbond substituents is 1. The number of esters is 1. The van der Waals surface area contributed by atoms with Gasteiger partial charge in [0.25, 0.3) is 0 Å². The van der Waals surface area contributed by atoms with Crippen LogP contribution in [-0.4, -0.2) is 41.4 Å². The Morgan fingerprint density at radius 2 is 1.92 bits per heavy atom. The van der Waals surface area contributed by atoms with Crippen LogP contribution in [0.15, 0.2) is 29.3 Å². The van der Waals surface area contributed by atoms with Gasteiger partial charge in [0.1, 0.15) is 16.5 Å². The van der Waals surface area contributed by atoms with Crippen molar-refractivity contribution in [3.63, 3.8) is 0 Å². The molecule has 2 unspecified atom stereocenters. The van der Waals surface area contributed by atoms with Gasteiger partial charge in [0.2, 0.25) is 0 Å². The summed E-state index contributed by atoms with van der Waals surface area (Å²) in [7, 11) is 0. The Kier molecular flexibility index (Phi) is 9.72. The van der Waals surface area contributed by atoms with Crippen LogP contribution in [0, 0.1) is 0 Å². The van der Waals surface area contributed by atoms with E-state index in [-0.39, 0.29) is 11.7 Å². The number of hydrogen-bond acceptors (Lipinski definition) is 7. The molecule has 0 heterocycles. The van der Waals surface area contributed by atoms with Crippen LogP contribution in [0.2, 0.25) is 0 Å². The van der Waals surface area contributed by atoms with E-state index < -0.39 is 10.7 Å². The van der Waals surface area contributed by atoms with E-state index in [0.29, 0.717) is 24.6 Å². The lowest BCUT2D eigenvalue weighted by Crippen LogP contribution is -2.27. The van der Waals surface area contributed by atoms with E-state index in [4.69, 9.17) is 21.1 Å². The number of benzene rings is 1. The Bertz CT molecular complexity index is 624. The monoisotopic (exact) mass is 403 g/mol. The molecule has 0 aliphatic rings. The van der Waals surface area contributed by atoms with Gasteiger partial charge in [-0.15, -0.1) is 0 Å². The molecule has 1 aromatic rings. The molecular formula is C17H26NO4PS2. The van der Waals surface area contributed by atoms with Crippen molar-refractivity contribution in [1.29, 1.82) is 0 Å². The van der Waals surface area contributed by atoms with Crippen molar-refractivity contribution in [2.45, 2.75) is 39.4 Å². The number of aromatic hydroxyl groups is 1. The summed E-state index contributed by atoms with van der Waals surface area (Å²) in [5, 5.41) is 8.78. The van der Waals surface area contributed by atoms with Crippen molar-refractivity contribution in [2.75, 3.05) is 19.4 Å². The minimum atomic E-state index is -2.19. The number of ether oxygens (including phenoxy) is 1. The van der Waals surface area contributed by atoms with Crippen molar-refractivity contribution in [3.05, 3.63) is 24.3 Å². The molecule has 140 valence electrons. The fraction of sp³-hybridized carbons (Fsp3) is 0.529. The smallest absolute Gasteiger partial charge is 0.325 e. The van der Waals surface area contributed by atoms with Gasteiger partial charge in [0, 0.05) is 18.5 Å². The highest BCUT2D eigenvalue weighted by Crippen LogP contribution is 2.62. The molecule has 1 rings (SSSR count). The second-order valence-electron chi connectivity index (χ2n) is 5.26. The zero-order valence-corrected chi connectivity index (χ0v) is 17.6. The van der Waals surface area contributed by atoms with Gasteiger partial charge in [-0.25, -0.2) is 0 Å². The standard InChI is InChI=1S/C17H26NO4PS2/c1-5-12-23(24,22-7-3)25-16(17(20)21-6-2)13(4)18-14-8-10-15(19)11-9-14/h8-11,16,19H,5-7,12H2,1-4H3. The maximum absolute atomic E-state index is 12.5. The van der Waals surface area contributed by atoms with Crippen LogP contribution in [0.4, 0.5) is 5.69 Å². The molecule has 0 aliphatic heterocycles. The molecule has 5 nitrogen and oxygen atoms in total. The normalized spacial score (nSPS) is 15.4. The molecule has 0 radical (unpaired) electrons. The third-order valence-electron chi connectivity index (χ3n) is 3.12. The van der Waals surface area contributed by atoms with Gasteiger partial charge in [0.15, 0.2) is 0 Å². The van der Waals surface area contributed by atoms with Gasteiger partial charge in [-0.3, -0.25) is 9.79 Å². The number of carbonyl (C=O) groups is 1. The molecule has 1 aromatic carbocycles. The van der Waals surface area contributed by atoms with Gasteiger partial charge >= 0.3 is 5.97 Å². The Balaban J connectivity index is 3.12. The molecular weight excluding hydrogens is 377 g/mol. The van der Waals surface area contributed by atoms with Crippen LogP contribution in [0.25, 0.3) is 0 Å². The highest BCUT2D eigenvalue weighted by molar-refractivity contribution is 8.70. The first kappa shape index (κ1) is 22.2. The van der Waals surface area contributed by atoms with Crippen LogP contribution < -0.4 is 0 Å². The van der Waals surface area contributed by atoms with Crippen molar-refractivity contribution in [2.24, 2.45) is 4.99 Å². The van der Waals surface area contributed by atoms with Crippen molar-refractivity contribution < 1.29 is 19.2 Å². The van der Waals surface area contributed by atoms with Crippen LogP contribution >= 0.6 is 16.8 Å². The SMILES string of the molecule is CCCP(=S)(OCC)SC(C(=O)OCC)C(C)=Nc1ccc(O)cc1. The average molecular weight is 404 g/mol. The summed E-state index contributed by atoms with van der Waals surface area (Å²) in [5.41, 5.74) is -0.923. The summed E-state index contributed by atoms with van der Waals surface area (Å²) in [6, 6.07) is 6.49. The summed E-state index contributed by atoms with van der Waals surface area (Å²) in [6.07, 6.45) is 1.65. The lowest BCUT2D eigenvalue weighted by atomic mass is 10.2. The van der Waals surface area contributed by atoms with E-state index in [1.165, 1.54) is 11.4 Å². The predicted octanol–water partition coefficient (Wildman–Crippen LogP) is 4.91. The van der Waals surface area contributed by atoms with Gasteiger partial charge in [-0.1, -0.05) is 30.1 Å². The third kappa shape index (κ3) is 7.48.